The van der Waals surface area contributed by atoms with Crippen molar-refractivity contribution in [2.45, 2.75) is 33.1 Å². The molecule has 0 spiro atoms. The predicted molar refractivity (Wildman–Crippen MR) is 49.8 cm³/mol. The van der Waals surface area contributed by atoms with Crippen LogP contribution in [0.3, 0.4) is 0 Å². The van der Waals surface area contributed by atoms with E-state index in [0.29, 0.717) is 0 Å². The van der Waals surface area contributed by atoms with Crippen LogP contribution in [0.1, 0.15) is 32.9 Å². The quantitative estimate of drug-likeness (QED) is 0.689. The molecule has 0 aliphatic rings. The van der Waals surface area contributed by atoms with Crippen molar-refractivity contribution in [3.63, 3.8) is 0 Å². The molecule has 0 bridgehead atoms. The summed E-state index contributed by atoms with van der Waals surface area (Å²) in [4.78, 5) is 3.57. The summed E-state index contributed by atoms with van der Waals surface area (Å²) in [5.41, 5.74) is -0.150. The van der Waals surface area contributed by atoms with Crippen LogP contribution in [-0.2, 0) is 5.92 Å². The molecule has 74 valence electrons. The third kappa shape index (κ3) is 3.49. The van der Waals surface area contributed by atoms with Gasteiger partial charge in [-0.05, 0) is 12.1 Å². The summed E-state index contributed by atoms with van der Waals surface area (Å²) in [6.45, 7) is 5.44. The molecule has 0 N–H and O–H groups in total. The Morgan fingerprint density at radius 3 is 2.31 bits per heavy atom. The fraction of sp³-hybridized carbons (Fsp3) is 0.500. The Morgan fingerprint density at radius 2 is 1.92 bits per heavy atom. The molecule has 0 saturated heterocycles. The molecule has 1 heterocycles. The van der Waals surface area contributed by atoms with E-state index >= 15 is 0 Å². The minimum Gasteiger partial charge on any atom is -0.255 e. The van der Waals surface area contributed by atoms with Crippen LogP contribution in [0.5, 0.6) is 0 Å². The smallest absolute Gasteiger partial charge is 0.255 e. The van der Waals surface area contributed by atoms with Gasteiger partial charge in [-0.3, -0.25) is 4.98 Å². The Labute approximate surface area is 77.8 Å². The molecule has 0 atom stereocenters. The van der Waals surface area contributed by atoms with E-state index in [1.807, 2.05) is 13.8 Å². The van der Waals surface area contributed by atoms with Crippen molar-refractivity contribution >= 4 is 0 Å². The largest absolute Gasteiger partial charge is 0.289 e. The number of rotatable bonds is 2. The lowest BCUT2D eigenvalue weighted by atomic mass is 10.2. The maximum absolute atomic E-state index is 12.8. The molecule has 1 aromatic rings. The van der Waals surface area contributed by atoms with Crippen LogP contribution in [0.25, 0.3) is 0 Å². The van der Waals surface area contributed by atoms with Crippen LogP contribution < -0.4 is 0 Å². The summed E-state index contributed by atoms with van der Waals surface area (Å²) < 4.78 is 25.6. The van der Waals surface area contributed by atoms with Crippen molar-refractivity contribution in [3.8, 4) is 0 Å². The van der Waals surface area contributed by atoms with Crippen LogP contribution in [-0.4, -0.2) is 4.98 Å². The van der Waals surface area contributed by atoms with E-state index in [1.165, 1.54) is 19.2 Å². The van der Waals surface area contributed by atoms with Gasteiger partial charge in [0, 0.05) is 12.6 Å². The van der Waals surface area contributed by atoms with Gasteiger partial charge < -0.3 is 0 Å². The predicted octanol–water partition coefficient (Wildman–Crippen LogP) is 3.61. The van der Waals surface area contributed by atoms with E-state index in [1.54, 1.807) is 12.1 Å². The van der Waals surface area contributed by atoms with Gasteiger partial charge in [0.05, 0.1) is 0 Å². The van der Waals surface area contributed by atoms with Crippen LogP contribution in [0.15, 0.2) is 24.4 Å². The molecule has 13 heavy (non-hydrogen) atoms. The average Bonchev–Trinajstić information content (AvgIpc) is 2.22. The zero-order valence-electron chi connectivity index (χ0n) is 8.22. The van der Waals surface area contributed by atoms with E-state index in [-0.39, 0.29) is 12.1 Å². The first-order valence-electron chi connectivity index (χ1n) is 4.46. The van der Waals surface area contributed by atoms with E-state index < -0.39 is 5.92 Å². The van der Waals surface area contributed by atoms with Gasteiger partial charge in [0.1, 0.15) is 5.69 Å². The fourth-order valence-corrected chi connectivity index (χ4v) is 0.760. The first-order chi connectivity index (χ1) is 6.17. The maximum atomic E-state index is 12.8. The number of hydrogen-bond donors (Lipinski definition) is 0. The van der Waals surface area contributed by atoms with E-state index in [4.69, 9.17) is 0 Å². The van der Waals surface area contributed by atoms with Gasteiger partial charge in [-0.1, -0.05) is 26.8 Å². The third-order valence-corrected chi connectivity index (χ3v) is 1.48. The fourth-order valence-electron chi connectivity index (χ4n) is 0.760. The minimum absolute atomic E-state index is 0.150. The molecule has 0 aliphatic heterocycles. The van der Waals surface area contributed by atoms with Crippen molar-refractivity contribution in [1.29, 1.82) is 0 Å². The summed E-state index contributed by atoms with van der Waals surface area (Å²) in [6.07, 6.45) is 1.17. The Hall–Kier alpha value is -0.990. The summed E-state index contributed by atoms with van der Waals surface area (Å²) >= 11 is 0. The molecular weight excluding hydrogens is 172 g/mol. The molecule has 3 heteroatoms. The van der Waals surface area contributed by atoms with E-state index in [9.17, 15) is 8.78 Å². The Morgan fingerprint density at radius 1 is 1.31 bits per heavy atom. The van der Waals surface area contributed by atoms with Gasteiger partial charge in [-0.15, -0.1) is 0 Å². The lowest BCUT2D eigenvalue weighted by Gasteiger charge is -2.11. The van der Waals surface area contributed by atoms with Crippen LogP contribution in [0.4, 0.5) is 8.78 Å². The van der Waals surface area contributed by atoms with Crippen molar-refractivity contribution in [3.05, 3.63) is 30.1 Å². The standard InChI is InChI=1S/C8H9F2N.C2H6/c1-2-8(9,10)7-5-3-4-6-11-7;1-2/h3-6H,2H2,1H3;1-2H3. The summed E-state index contributed by atoms with van der Waals surface area (Å²) in [6, 6.07) is 4.52. The van der Waals surface area contributed by atoms with Crippen LogP contribution >= 0.6 is 0 Å². The normalized spacial score (nSPS) is 10.2. The highest BCUT2D eigenvalue weighted by atomic mass is 19.3. The number of aromatic nitrogens is 1. The number of pyridine rings is 1. The molecule has 1 aromatic heterocycles. The number of nitrogens with zero attached hydrogens (tertiary/aromatic N) is 1. The van der Waals surface area contributed by atoms with Crippen molar-refractivity contribution in [2.75, 3.05) is 0 Å². The molecule has 0 fully saturated rings. The molecule has 0 aromatic carbocycles. The molecular formula is C10H15F2N. The highest BCUT2D eigenvalue weighted by Crippen LogP contribution is 2.28. The van der Waals surface area contributed by atoms with Gasteiger partial charge in [-0.25, -0.2) is 0 Å². The number of halogens is 2. The molecule has 0 aliphatic carbocycles. The minimum atomic E-state index is -2.78. The Bertz CT molecular complexity index is 222. The van der Waals surface area contributed by atoms with Crippen LogP contribution in [0, 0.1) is 0 Å². The Kier molecular flexibility index (Phi) is 5.19. The molecule has 0 unspecified atom stereocenters. The molecule has 0 amide bonds. The highest BCUT2D eigenvalue weighted by molar-refractivity contribution is 5.09. The van der Waals surface area contributed by atoms with Gasteiger partial charge >= 0.3 is 0 Å². The van der Waals surface area contributed by atoms with Gasteiger partial charge in [-0.2, -0.15) is 8.78 Å². The van der Waals surface area contributed by atoms with Crippen LogP contribution in [0.2, 0.25) is 0 Å². The SMILES string of the molecule is CC.CCC(F)(F)c1ccccn1. The lowest BCUT2D eigenvalue weighted by Crippen LogP contribution is -2.12. The summed E-state index contributed by atoms with van der Waals surface area (Å²) in [5, 5.41) is 0. The second-order valence-corrected chi connectivity index (χ2v) is 2.27. The highest BCUT2D eigenvalue weighted by Gasteiger charge is 2.29. The van der Waals surface area contributed by atoms with Gasteiger partial charge in [0.15, 0.2) is 0 Å². The zero-order chi connectivity index (χ0) is 10.3. The second-order valence-electron chi connectivity index (χ2n) is 2.27. The zero-order valence-corrected chi connectivity index (χ0v) is 8.22. The van der Waals surface area contributed by atoms with E-state index in [2.05, 4.69) is 4.98 Å². The third-order valence-electron chi connectivity index (χ3n) is 1.48. The lowest BCUT2D eigenvalue weighted by molar-refractivity contribution is -0.0128. The molecule has 0 saturated carbocycles. The van der Waals surface area contributed by atoms with E-state index in [0.717, 1.165) is 0 Å². The molecule has 0 radical (unpaired) electrons. The Balaban J connectivity index is 0.000000671. The maximum Gasteiger partial charge on any atom is 0.289 e. The van der Waals surface area contributed by atoms with Crippen molar-refractivity contribution in [1.82, 2.24) is 4.98 Å². The number of alkyl halides is 2. The average molecular weight is 187 g/mol. The molecule has 1 rings (SSSR count). The van der Waals surface area contributed by atoms with Gasteiger partial charge in [0.2, 0.25) is 0 Å². The second kappa shape index (κ2) is 5.62. The van der Waals surface area contributed by atoms with Crippen molar-refractivity contribution in [2.24, 2.45) is 0 Å². The molecule has 1 nitrogen and oxygen atoms in total. The van der Waals surface area contributed by atoms with Crippen molar-refractivity contribution < 1.29 is 8.78 Å². The summed E-state index contributed by atoms with van der Waals surface area (Å²) in [7, 11) is 0. The summed E-state index contributed by atoms with van der Waals surface area (Å²) in [5.74, 6) is -2.78. The first-order valence-corrected chi connectivity index (χ1v) is 4.46. The monoisotopic (exact) mass is 187 g/mol. The topological polar surface area (TPSA) is 12.9 Å². The first kappa shape index (κ1) is 12.0. The number of hydrogen-bond acceptors (Lipinski definition) is 1. The van der Waals surface area contributed by atoms with Gasteiger partial charge in [0.25, 0.3) is 5.92 Å².